The van der Waals surface area contributed by atoms with Crippen molar-refractivity contribution in [3.05, 3.63) is 28.8 Å². The molecule has 26 heavy (non-hydrogen) atoms. The lowest BCUT2D eigenvalue weighted by molar-refractivity contribution is 0.0950. The maximum Gasteiger partial charge on any atom is 0.252 e. The smallest absolute Gasteiger partial charge is 0.252 e. The minimum Gasteiger partial charge on any atom is -0.352 e. The molecule has 0 bridgehead atoms. The van der Waals surface area contributed by atoms with Gasteiger partial charge in [0.1, 0.15) is 0 Å². The summed E-state index contributed by atoms with van der Waals surface area (Å²) >= 11 is 6.18. The number of nitrogens with one attached hydrogen (secondary N) is 1. The number of hydrogen-bond acceptors (Lipinski definition) is 4. The van der Waals surface area contributed by atoms with Crippen LogP contribution in [-0.4, -0.2) is 58.7 Å². The number of carbonyl (C=O) groups excluding carboxylic acids is 1. The summed E-state index contributed by atoms with van der Waals surface area (Å²) in [5.41, 5.74) is 0.775. The zero-order valence-corrected chi connectivity index (χ0v) is 17.2. The Bertz CT molecular complexity index is 739. The number of piperidine rings is 1. The van der Waals surface area contributed by atoms with Gasteiger partial charge in [0.25, 0.3) is 5.91 Å². The van der Waals surface area contributed by atoms with E-state index in [9.17, 15) is 13.2 Å². The van der Waals surface area contributed by atoms with E-state index >= 15 is 0 Å². The summed E-state index contributed by atoms with van der Waals surface area (Å²) in [6.45, 7) is 6.12. The number of amides is 1. The van der Waals surface area contributed by atoms with Crippen LogP contribution in [0.2, 0.25) is 5.02 Å². The fourth-order valence-electron chi connectivity index (χ4n) is 3.17. The van der Waals surface area contributed by atoms with Crippen LogP contribution >= 0.6 is 11.6 Å². The lowest BCUT2D eigenvalue weighted by Gasteiger charge is -2.30. The van der Waals surface area contributed by atoms with Crippen LogP contribution in [0.15, 0.2) is 18.2 Å². The second-order valence-electron chi connectivity index (χ2n) is 7.05. The highest BCUT2D eigenvalue weighted by Gasteiger charge is 2.17. The minimum atomic E-state index is -3.37. The Balaban J connectivity index is 1.85. The highest BCUT2D eigenvalue weighted by molar-refractivity contribution is 7.92. The quantitative estimate of drug-likeness (QED) is 0.713. The zero-order valence-electron chi connectivity index (χ0n) is 15.7. The van der Waals surface area contributed by atoms with Gasteiger partial charge in [-0.3, -0.25) is 9.10 Å². The molecule has 6 nitrogen and oxygen atoms in total. The predicted molar refractivity (Wildman–Crippen MR) is 106 cm³/mol. The number of halogens is 1. The van der Waals surface area contributed by atoms with Crippen molar-refractivity contribution >= 4 is 33.2 Å². The van der Waals surface area contributed by atoms with Crippen molar-refractivity contribution < 1.29 is 13.2 Å². The fourth-order valence-corrected chi connectivity index (χ4v) is 3.92. The third-order valence-electron chi connectivity index (χ3n) is 4.74. The Morgan fingerprint density at radius 2 is 2.15 bits per heavy atom. The second kappa shape index (κ2) is 9.06. The monoisotopic (exact) mass is 401 g/mol. The molecule has 0 spiro atoms. The maximum absolute atomic E-state index is 12.3. The van der Waals surface area contributed by atoms with Crippen molar-refractivity contribution in [3.8, 4) is 0 Å². The van der Waals surface area contributed by atoms with Crippen LogP contribution in [0.1, 0.15) is 36.5 Å². The van der Waals surface area contributed by atoms with Crippen LogP contribution in [0, 0.1) is 5.92 Å². The molecule has 1 aliphatic heterocycles. The highest BCUT2D eigenvalue weighted by atomic mass is 35.5. The molecule has 0 aromatic heterocycles. The van der Waals surface area contributed by atoms with E-state index < -0.39 is 10.0 Å². The zero-order chi connectivity index (χ0) is 19.3. The van der Waals surface area contributed by atoms with E-state index in [-0.39, 0.29) is 10.9 Å². The summed E-state index contributed by atoms with van der Waals surface area (Å²) in [6, 6.07) is 4.63. The molecule has 1 N–H and O–H groups in total. The van der Waals surface area contributed by atoms with Crippen molar-refractivity contribution in [2.75, 3.05) is 43.8 Å². The average molecular weight is 402 g/mol. The molecule has 0 radical (unpaired) electrons. The molecule has 1 heterocycles. The van der Waals surface area contributed by atoms with Crippen LogP contribution in [0.4, 0.5) is 5.69 Å². The molecule has 1 amide bonds. The molecule has 0 saturated carbocycles. The van der Waals surface area contributed by atoms with E-state index in [1.54, 1.807) is 12.1 Å². The van der Waals surface area contributed by atoms with Gasteiger partial charge in [0, 0.05) is 20.1 Å². The first-order valence-corrected chi connectivity index (χ1v) is 11.1. The number of rotatable bonds is 7. The van der Waals surface area contributed by atoms with E-state index in [0.29, 0.717) is 17.8 Å². The standard InChI is InChI=1S/C18H28ClN3O3S/c1-14-6-4-10-22(13-14)11-5-9-20-18(23)16-8-7-15(12-17(16)19)21(2)26(3,24)25/h7-8,12,14H,4-6,9-11,13H2,1-3H3,(H,20,23)/t14-/m0/s1. The van der Waals surface area contributed by atoms with E-state index in [0.717, 1.165) is 42.5 Å². The van der Waals surface area contributed by atoms with Crippen molar-refractivity contribution in [3.63, 3.8) is 0 Å². The average Bonchev–Trinajstić information content (AvgIpc) is 2.57. The fraction of sp³-hybridized carbons (Fsp3) is 0.611. The lowest BCUT2D eigenvalue weighted by Crippen LogP contribution is -2.36. The molecule has 2 rings (SSSR count). The Labute approximate surface area is 161 Å². The minimum absolute atomic E-state index is 0.236. The lowest BCUT2D eigenvalue weighted by atomic mass is 10.0. The van der Waals surface area contributed by atoms with Gasteiger partial charge >= 0.3 is 0 Å². The van der Waals surface area contributed by atoms with E-state index in [2.05, 4.69) is 17.1 Å². The number of likely N-dealkylation sites (tertiary alicyclic amines) is 1. The topological polar surface area (TPSA) is 69.7 Å². The van der Waals surface area contributed by atoms with Gasteiger partial charge in [-0.05, 0) is 56.5 Å². The summed E-state index contributed by atoms with van der Waals surface area (Å²) in [5.74, 6) is 0.510. The summed E-state index contributed by atoms with van der Waals surface area (Å²) < 4.78 is 24.3. The molecule has 1 saturated heterocycles. The molecular formula is C18H28ClN3O3S. The SMILES string of the molecule is C[C@H]1CCCN(CCCNC(=O)c2ccc(N(C)S(C)(=O)=O)cc2Cl)C1. The second-order valence-corrected chi connectivity index (χ2v) is 9.47. The molecular weight excluding hydrogens is 374 g/mol. The summed E-state index contributed by atoms with van der Waals surface area (Å²) in [7, 11) is -1.92. The summed E-state index contributed by atoms with van der Waals surface area (Å²) in [5, 5.41) is 3.12. The summed E-state index contributed by atoms with van der Waals surface area (Å²) in [4.78, 5) is 14.8. The Hall–Kier alpha value is -1.31. The van der Waals surface area contributed by atoms with Gasteiger partial charge in [0.2, 0.25) is 10.0 Å². The molecule has 1 aromatic rings. The number of benzene rings is 1. The maximum atomic E-state index is 12.3. The molecule has 1 aromatic carbocycles. The Kier molecular flexibility index (Phi) is 7.32. The number of hydrogen-bond donors (Lipinski definition) is 1. The van der Waals surface area contributed by atoms with Crippen LogP contribution in [0.5, 0.6) is 0 Å². The number of nitrogens with zero attached hydrogens (tertiary/aromatic N) is 2. The summed E-state index contributed by atoms with van der Waals surface area (Å²) in [6.07, 6.45) is 4.56. The molecule has 1 atom stereocenters. The number of sulfonamides is 1. The van der Waals surface area contributed by atoms with Crippen LogP contribution < -0.4 is 9.62 Å². The largest absolute Gasteiger partial charge is 0.352 e. The van der Waals surface area contributed by atoms with Crippen LogP contribution in [-0.2, 0) is 10.0 Å². The molecule has 8 heteroatoms. The van der Waals surface area contributed by atoms with Gasteiger partial charge < -0.3 is 10.2 Å². The van der Waals surface area contributed by atoms with E-state index in [1.807, 2.05) is 0 Å². The van der Waals surface area contributed by atoms with Crippen molar-refractivity contribution in [1.29, 1.82) is 0 Å². The third-order valence-corrected chi connectivity index (χ3v) is 6.25. The van der Waals surface area contributed by atoms with Gasteiger partial charge in [-0.25, -0.2) is 8.42 Å². The van der Waals surface area contributed by atoms with Crippen LogP contribution in [0.25, 0.3) is 0 Å². The van der Waals surface area contributed by atoms with E-state index in [1.165, 1.54) is 26.0 Å². The van der Waals surface area contributed by atoms with Gasteiger partial charge in [-0.1, -0.05) is 18.5 Å². The third kappa shape index (κ3) is 5.86. The van der Waals surface area contributed by atoms with Crippen LogP contribution in [0.3, 0.4) is 0 Å². The van der Waals surface area contributed by atoms with Gasteiger partial charge in [0.05, 0.1) is 22.5 Å². The number of carbonyl (C=O) groups is 1. The van der Waals surface area contributed by atoms with Gasteiger partial charge in [-0.2, -0.15) is 0 Å². The predicted octanol–water partition coefficient (Wildman–Crippen LogP) is 2.59. The molecule has 0 unspecified atom stereocenters. The molecule has 0 aliphatic carbocycles. The normalized spacial score (nSPS) is 18.5. The first kappa shape index (κ1) is 21.0. The highest BCUT2D eigenvalue weighted by Crippen LogP contribution is 2.24. The van der Waals surface area contributed by atoms with Crippen molar-refractivity contribution in [1.82, 2.24) is 10.2 Å². The first-order valence-electron chi connectivity index (χ1n) is 8.92. The Morgan fingerprint density at radius 3 is 2.77 bits per heavy atom. The van der Waals surface area contributed by atoms with Crippen molar-refractivity contribution in [2.24, 2.45) is 5.92 Å². The number of anilines is 1. The first-order chi connectivity index (χ1) is 12.2. The van der Waals surface area contributed by atoms with Gasteiger partial charge in [0.15, 0.2) is 0 Å². The molecule has 1 aliphatic rings. The van der Waals surface area contributed by atoms with Gasteiger partial charge in [-0.15, -0.1) is 0 Å². The molecule has 1 fully saturated rings. The Morgan fingerprint density at radius 1 is 1.42 bits per heavy atom. The van der Waals surface area contributed by atoms with Crippen molar-refractivity contribution in [2.45, 2.75) is 26.2 Å². The van der Waals surface area contributed by atoms with E-state index in [4.69, 9.17) is 11.6 Å². The molecule has 146 valence electrons.